The summed E-state index contributed by atoms with van der Waals surface area (Å²) in [6, 6.07) is 2.08. The summed E-state index contributed by atoms with van der Waals surface area (Å²) in [4.78, 5) is 10.8. The molecule has 0 bridgehead atoms. The summed E-state index contributed by atoms with van der Waals surface area (Å²) >= 11 is 2.77. The fourth-order valence-electron chi connectivity index (χ4n) is 1.89. The van der Waals surface area contributed by atoms with Crippen molar-refractivity contribution in [3.05, 3.63) is 26.8 Å². The molecule has 2 heterocycles. The van der Waals surface area contributed by atoms with Crippen molar-refractivity contribution in [3.63, 3.8) is 0 Å². The topological polar surface area (TPSA) is 126 Å². The number of hydrogen-bond donors (Lipinski definition) is 4. The average Bonchev–Trinajstić information content (AvgIpc) is 3.05. The minimum Gasteiger partial charge on any atom is -0.504 e. The quantitative estimate of drug-likeness (QED) is 0.475. The normalized spacial score (nSPS) is 14.0. The molecule has 0 aliphatic rings. The Morgan fingerprint density at radius 1 is 1.46 bits per heavy atom. The highest BCUT2D eigenvalue weighted by Crippen LogP contribution is 2.35. The molecule has 0 spiro atoms. The molecule has 10 heteroatoms. The van der Waals surface area contributed by atoms with Gasteiger partial charge in [0.25, 0.3) is 0 Å². The highest BCUT2D eigenvalue weighted by Gasteiger charge is 2.16. The molecule has 7 nitrogen and oxygen atoms in total. The summed E-state index contributed by atoms with van der Waals surface area (Å²) in [5, 5.41) is 19.8. The van der Waals surface area contributed by atoms with E-state index in [1.807, 2.05) is 0 Å². The fraction of sp³-hybridized carbons (Fsp3) is 0.286. The maximum atomic E-state index is 11.3. The Morgan fingerprint density at radius 2 is 2.17 bits per heavy atom. The molecule has 2 rings (SSSR count). The number of hydrogen-bond acceptors (Lipinski definition) is 6. The molecule has 2 aromatic heterocycles. The predicted molar refractivity (Wildman–Crippen MR) is 103 cm³/mol. The van der Waals surface area contributed by atoms with Crippen LogP contribution >= 0.6 is 22.7 Å². The molecule has 0 aliphatic carbocycles. The molecule has 24 heavy (non-hydrogen) atoms. The molecule has 0 radical (unpaired) electrons. The highest BCUT2D eigenvalue weighted by atomic mass is 32.2. The number of thiophene rings is 2. The third-order valence-electron chi connectivity index (χ3n) is 3.26. The van der Waals surface area contributed by atoms with Crippen molar-refractivity contribution in [3.8, 4) is 5.75 Å². The standard InChI is InChI=1S/C14H19N5O2S3/c1-7-4-9(23-8(7)2)5-18-12(15)13(17-3)19-10-6-22-14(11(10)20)24(16)21/h4,6,20H,5,16H2,1-3H3,(H2,15,18)(H,17,19). The molecule has 1 atom stereocenters. The van der Waals surface area contributed by atoms with Gasteiger partial charge in [-0.2, -0.15) is 0 Å². The van der Waals surface area contributed by atoms with E-state index in [2.05, 4.69) is 35.2 Å². The fourth-order valence-corrected chi connectivity index (χ4v) is 4.31. The van der Waals surface area contributed by atoms with E-state index in [0.717, 1.165) is 16.2 Å². The van der Waals surface area contributed by atoms with Crippen molar-refractivity contribution >= 4 is 51.0 Å². The van der Waals surface area contributed by atoms with Crippen molar-refractivity contribution < 1.29 is 9.32 Å². The van der Waals surface area contributed by atoms with Gasteiger partial charge in [0, 0.05) is 22.2 Å². The van der Waals surface area contributed by atoms with E-state index < -0.39 is 11.0 Å². The number of nitrogens with two attached hydrogens (primary N) is 2. The molecular formula is C14H19N5O2S3. The molecular weight excluding hydrogens is 366 g/mol. The van der Waals surface area contributed by atoms with Crippen LogP contribution in [0, 0.1) is 13.8 Å². The van der Waals surface area contributed by atoms with E-state index >= 15 is 0 Å². The van der Waals surface area contributed by atoms with Crippen LogP contribution in [-0.4, -0.2) is 28.0 Å². The summed E-state index contributed by atoms with van der Waals surface area (Å²) in [7, 11) is -0.182. The van der Waals surface area contributed by atoms with Gasteiger partial charge in [0.15, 0.2) is 21.6 Å². The third-order valence-corrected chi connectivity index (χ3v) is 6.50. The lowest BCUT2D eigenvalue weighted by molar-refractivity contribution is 0.468. The first kappa shape index (κ1) is 18.6. The lowest BCUT2D eigenvalue weighted by atomic mass is 10.3. The van der Waals surface area contributed by atoms with Crippen LogP contribution in [0.15, 0.2) is 25.6 Å². The van der Waals surface area contributed by atoms with E-state index in [-0.39, 0.29) is 15.8 Å². The van der Waals surface area contributed by atoms with Gasteiger partial charge in [0.2, 0.25) is 0 Å². The molecule has 130 valence electrons. The van der Waals surface area contributed by atoms with Crippen molar-refractivity contribution in [2.24, 2.45) is 20.9 Å². The van der Waals surface area contributed by atoms with Crippen LogP contribution < -0.4 is 16.2 Å². The minimum absolute atomic E-state index is 0.167. The Balaban J connectivity index is 2.13. The van der Waals surface area contributed by atoms with Crippen LogP contribution in [0.4, 0.5) is 5.69 Å². The van der Waals surface area contributed by atoms with Crippen molar-refractivity contribution in [2.75, 3.05) is 12.4 Å². The zero-order chi connectivity index (χ0) is 17.9. The number of aryl methyl sites for hydroxylation is 2. The molecule has 0 fully saturated rings. The number of anilines is 1. The van der Waals surface area contributed by atoms with Gasteiger partial charge in [-0.15, -0.1) is 22.7 Å². The first-order valence-electron chi connectivity index (χ1n) is 6.90. The lowest BCUT2D eigenvalue weighted by Crippen LogP contribution is -2.30. The second kappa shape index (κ2) is 7.88. The Hall–Kier alpha value is -1.75. The highest BCUT2D eigenvalue weighted by molar-refractivity contribution is 7.85. The Bertz CT molecular complexity index is 803. The van der Waals surface area contributed by atoms with E-state index in [0.29, 0.717) is 18.1 Å². The lowest BCUT2D eigenvalue weighted by Gasteiger charge is -2.08. The van der Waals surface area contributed by atoms with Crippen LogP contribution in [0.25, 0.3) is 0 Å². The van der Waals surface area contributed by atoms with Crippen LogP contribution in [0.3, 0.4) is 0 Å². The van der Waals surface area contributed by atoms with Gasteiger partial charge >= 0.3 is 0 Å². The van der Waals surface area contributed by atoms with E-state index in [1.54, 1.807) is 23.8 Å². The summed E-state index contributed by atoms with van der Waals surface area (Å²) in [6.07, 6.45) is 0. The molecule has 6 N–H and O–H groups in total. The Labute approximate surface area is 150 Å². The zero-order valence-corrected chi connectivity index (χ0v) is 15.9. The van der Waals surface area contributed by atoms with E-state index in [9.17, 15) is 9.32 Å². The number of amidine groups is 2. The van der Waals surface area contributed by atoms with Gasteiger partial charge in [0.1, 0.15) is 11.0 Å². The first-order valence-corrected chi connectivity index (χ1v) is 9.81. The van der Waals surface area contributed by atoms with Crippen LogP contribution in [0.2, 0.25) is 0 Å². The summed E-state index contributed by atoms with van der Waals surface area (Å²) in [5.74, 6) is 0.379. The molecule has 0 amide bonds. The number of nitrogens with one attached hydrogen (secondary N) is 1. The summed E-state index contributed by atoms with van der Waals surface area (Å²) < 4.78 is 11.5. The van der Waals surface area contributed by atoms with Gasteiger partial charge in [-0.3, -0.25) is 9.98 Å². The van der Waals surface area contributed by atoms with Gasteiger partial charge in [0.05, 0.1) is 12.2 Å². The SMILES string of the molecule is CN=C(Nc1csc(S(N)=O)c1O)C(N)=NCc1cc(C)c(C)s1. The monoisotopic (exact) mass is 385 g/mol. The molecule has 2 aromatic rings. The van der Waals surface area contributed by atoms with Crippen molar-refractivity contribution in [2.45, 2.75) is 24.6 Å². The molecule has 0 saturated carbocycles. The zero-order valence-electron chi connectivity index (χ0n) is 13.5. The van der Waals surface area contributed by atoms with Gasteiger partial charge < -0.3 is 16.2 Å². The first-order chi connectivity index (χ1) is 11.3. The molecule has 0 saturated heterocycles. The van der Waals surface area contributed by atoms with E-state index in [4.69, 9.17) is 10.9 Å². The summed E-state index contributed by atoms with van der Waals surface area (Å²) in [6.45, 7) is 4.58. The van der Waals surface area contributed by atoms with E-state index in [1.165, 1.54) is 10.4 Å². The minimum atomic E-state index is -1.75. The maximum absolute atomic E-state index is 11.3. The number of nitrogens with zero attached hydrogens (tertiary/aromatic N) is 2. The smallest absolute Gasteiger partial charge is 0.168 e. The summed E-state index contributed by atoms with van der Waals surface area (Å²) in [5.41, 5.74) is 7.56. The molecule has 0 aliphatic heterocycles. The molecule has 1 unspecified atom stereocenters. The molecule has 0 aromatic carbocycles. The van der Waals surface area contributed by atoms with Crippen molar-refractivity contribution in [1.82, 2.24) is 0 Å². The van der Waals surface area contributed by atoms with Crippen LogP contribution in [0.5, 0.6) is 5.75 Å². The average molecular weight is 386 g/mol. The van der Waals surface area contributed by atoms with Gasteiger partial charge in [-0.05, 0) is 25.5 Å². The Kier molecular flexibility index (Phi) is 6.10. The van der Waals surface area contributed by atoms with Gasteiger partial charge in [-0.25, -0.2) is 9.35 Å². The second-order valence-corrected chi connectivity index (χ2v) is 8.42. The number of rotatable bonds is 4. The predicted octanol–water partition coefficient (Wildman–Crippen LogP) is 2.11. The van der Waals surface area contributed by atoms with Crippen LogP contribution in [-0.2, 0) is 17.5 Å². The third kappa shape index (κ3) is 4.20. The Morgan fingerprint density at radius 3 is 2.67 bits per heavy atom. The van der Waals surface area contributed by atoms with Crippen molar-refractivity contribution in [1.29, 1.82) is 0 Å². The second-order valence-electron chi connectivity index (χ2n) is 4.93. The number of aliphatic imine (C=N–C) groups is 2. The largest absolute Gasteiger partial charge is 0.504 e. The van der Waals surface area contributed by atoms with Gasteiger partial charge in [-0.1, -0.05) is 0 Å². The van der Waals surface area contributed by atoms with Crippen LogP contribution in [0.1, 0.15) is 15.3 Å². The number of aromatic hydroxyl groups is 1. The maximum Gasteiger partial charge on any atom is 0.168 e.